The quantitative estimate of drug-likeness (QED) is 0.147. The fourth-order valence-electron chi connectivity index (χ4n) is 6.85. The van der Waals surface area contributed by atoms with Gasteiger partial charge in [0, 0.05) is 38.6 Å². The minimum Gasteiger partial charge on any atom is -0.217 e. The number of aryl methyl sites for hydroxylation is 3. The van der Waals surface area contributed by atoms with E-state index in [9.17, 15) is 0 Å². The highest BCUT2D eigenvalue weighted by Gasteiger charge is 2.33. The molecule has 0 aliphatic carbocycles. The molecule has 0 bridgehead atoms. The molecule has 1 aliphatic heterocycles. The first-order valence-corrected chi connectivity index (χ1v) is 17.0. The maximum atomic E-state index is 4.93. The van der Waals surface area contributed by atoms with Gasteiger partial charge in [-0.1, -0.05) is 96.1 Å². The Morgan fingerprint density at radius 1 is 0.778 bits per heavy atom. The normalized spacial score (nSPS) is 13.1. The van der Waals surface area contributed by atoms with Gasteiger partial charge in [0.05, 0.1) is 10.9 Å². The average molecular weight is 612 g/mol. The molecule has 5 heteroatoms. The summed E-state index contributed by atoms with van der Waals surface area (Å²) in [5.41, 5.74) is 8.03. The van der Waals surface area contributed by atoms with Crippen LogP contribution >= 0.6 is 11.8 Å². The molecule has 1 aliphatic rings. The monoisotopic (exact) mass is 611 g/mol. The molecule has 2 aromatic heterocycles. The SMILES string of the molecule is Cc1ccc2c(CC(C)(C)C)c3c(c(C)c2c1)-c1c2c(cc4ccc(-c5nc(C(C)C)nc(C(C)C)n5)cc4c2cc[n+]1C)S3. The van der Waals surface area contributed by atoms with Gasteiger partial charge in [-0.15, -0.1) is 0 Å². The van der Waals surface area contributed by atoms with Crippen molar-refractivity contribution in [3.63, 3.8) is 0 Å². The van der Waals surface area contributed by atoms with E-state index in [2.05, 4.69) is 129 Å². The van der Waals surface area contributed by atoms with Gasteiger partial charge < -0.3 is 0 Å². The van der Waals surface area contributed by atoms with Gasteiger partial charge in [0.15, 0.2) is 12.0 Å². The van der Waals surface area contributed by atoms with Crippen molar-refractivity contribution in [1.82, 2.24) is 15.0 Å². The molecular weight excluding hydrogens is 569 g/mol. The van der Waals surface area contributed by atoms with Crippen molar-refractivity contribution < 1.29 is 4.57 Å². The first-order valence-electron chi connectivity index (χ1n) is 16.2. The summed E-state index contributed by atoms with van der Waals surface area (Å²) >= 11 is 1.96. The Balaban J connectivity index is 1.53. The lowest BCUT2D eigenvalue weighted by Crippen LogP contribution is -2.32. The molecule has 3 heterocycles. The topological polar surface area (TPSA) is 42.6 Å². The molecule has 0 fully saturated rings. The van der Waals surface area contributed by atoms with Gasteiger partial charge in [0.1, 0.15) is 18.7 Å². The maximum absolute atomic E-state index is 4.93. The Kier molecular flexibility index (Phi) is 7.05. The van der Waals surface area contributed by atoms with E-state index in [1.54, 1.807) is 0 Å². The van der Waals surface area contributed by atoms with Crippen molar-refractivity contribution in [1.29, 1.82) is 0 Å². The van der Waals surface area contributed by atoms with Crippen LogP contribution < -0.4 is 4.57 Å². The maximum Gasteiger partial charge on any atom is 0.222 e. The molecule has 0 radical (unpaired) electrons. The van der Waals surface area contributed by atoms with Crippen LogP contribution in [0.4, 0.5) is 0 Å². The van der Waals surface area contributed by atoms with E-state index < -0.39 is 0 Å². The van der Waals surface area contributed by atoms with Gasteiger partial charge in [-0.25, -0.2) is 19.5 Å². The van der Waals surface area contributed by atoms with E-state index in [-0.39, 0.29) is 17.3 Å². The van der Waals surface area contributed by atoms with Crippen LogP contribution in [-0.4, -0.2) is 15.0 Å². The molecule has 6 aromatic rings. The standard InChI is InChI=1S/C40H43N4S/c1-21(2)37-41-38(22(3)4)43-39(42-37)26-13-12-25-19-32-34-28(30(25)18-26)15-16-44(10)35(34)33-24(6)29-17-23(5)11-14-27(29)31(36(33)45-32)20-40(7,8)9/h11-19,21-22H,20H2,1-10H3/q+1. The highest BCUT2D eigenvalue weighted by molar-refractivity contribution is 8.00. The van der Waals surface area contributed by atoms with Crippen molar-refractivity contribution in [3.8, 4) is 22.6 Å². The minimum atomic E-state index is 0.162. The third kappa shape index (κ3) is 5.00. The molecule has 0 amide bonds. The van der Waals surface area contributed by atoms with Crippen LogP contribution in [0.15, 0.2) is 64.5 Å². The summed E-state index contributed by atoms with van der Waals surface area (Å²) in [6.45, 7) is 20.2. The average Bonchev–Trinajstić information content (AvgIpc) is 2.99. The first-order chi connectivity index (χ1) is 21.3. The summed E-state index contributed by atoms with van der Waals surface area (Å²) in [4.78, 5) is 17.4. The Morgan fingerprint density at radius 2 is 1.49 bits per heavy atom. The Labute approximate surface area is 271 Å². The van der Waals surface area contributed by atoms with E-state index >= 15 is 0 Å². The lowest BCUT2D eigenvalue weighted by atomic mass is 9.82. The molecule has 0 saturated carbocycles. The van der Waals surface area contributed by atoms with Crippen molar-refractivity contribution >= 4 is 44.1 Å². The number of pyridine rings is 1. The second kappa shape index (κ2) is 10.6. The predicted molar refractivity (Wildman–Crippen MR) is 189 cm³/mol. The second-order valence-corrected chi connectivity index (χ2v) is 15.8. The summed E-state index contributed by atoms with van der Waals surface area (Å²) in [6, 6.07) is 18.4. The molecule has 0 atom stereocenters. The summed E-state index contributed by atoms with van der Waals surface area (Å²) in [5.74, 6) is 2.93. The molecular formula is C40H43N4S+. The Morgan fingerprint density at radius 3 is 2.16 bits per heavy atom. The number of hydrogen-bond donors (Lipinski definition) is 0. The Bertz CT molecular complexity index is 2160. The van der Waals surface area contributed by atoms with Crippen molar-refractivity contribution in [2.75, 3.05) is 0 Å². The minimum absolute atomic E-state index is 0.162. The predicted octanol–water partition coefficient (Wildman–Crippen LogP) is 10.4. The fraction of sp³-hybridized carbons (Fsp3) is 0.350. The zero-order chi connectivity index (χ0) is 31.9. The summed E-state index contributed by atoms with van der Waals surface area (Å²) < 4.78 is 2.34. The molecule has 4 nitrogen and oxygen atoms in total. The molecule has 228 valence electrons. The summed E-state index contributed by atoms with van der Waals surface area (Å²) in [5, 5.41) is 7.85. The number of fused-ring (bicyclic) bond motifs is 5. The van der Waals surface area contributed by atoms with Crippen LogP contribution in [0.3, 0.4) is 0 Å². The highest BCUT2D eigenvalue weighted by Crippen LogP contribution is 2.53. The number of rotatable bonds is 4. The smallest absolute Gasteiger partial charge is 0.217 e. The van der Waals surface area contributed by atoms with Crippen LogP contribution in [0.1, 0.15) is 88.6 Å². The number of benzene rings is 4. The molecule has 45 heavy (non-hydrogen) atoms. The third-order valence-electron chi connectivity index (χ3n) is 9.10. The van der Waals surface area contributed by atoms with Gasteiger partial charge in [0.25, 0.3) is 0 Å². The largest absolute Gasteiger partial charge is 0.222 e. The lowest BCUT2D eigenvalue weighted by molar-refractivity contribution is -0.659. The van der Waals surface area contributed by atoms with Gasteiger partial charge in [0.2, 0.25) is 5.69 Å². The number of hydrogen-bond acceptors (Lipinski definition) is 4. The fourth-order valence-corrected chi connectivity index (χ4v) is 8.22. The number of aromatic nitrogens is 4. The molecule has 0 spiro atoms. The zero-order valence-corrected chi connectivity index (χ0v) is 29.1. The zero-order valence-electron chi connectivity index (χ0n) is 28.3. The highest BCUT2D eigenvalue weighted by atomic mass is 32.2. The van der Waals surface area contributed by atoms with E-state index in [4.69, 9.17) is 15.0 Å². The van der Waals surface area contributed by atoms with Crippen LogP contribution in [0.5, 0.6) is 0 Å². The van der Waals surface area contributed by atoms with Gasteiger partial charge in [-0.2, -0.15) is 0 Å². The van der Waals surface area contributed by atoms with Crippen molar-refractivity contribution in [2.24, 2.45) is 12.5 Å². The van der Waals surface area contributed by atoms with Crippen LogP contribution in [-0.2, 0) is 13.5 Å². The van der Waals surface area contributed by atoms with Gasteiger partial charge in [-0.05, 0) is 70.5 Å². The first kappa shape index (κ1) is 29.9. The van der Waals surface area contributed by atoms with E-state index in [1.165, 1.54) is 70.1 Å². The summed E-state index contributed by atoms with van der Waals surface area (Å²) in [7, 11) is 2.20. The van der Waals surface area contributed by atoms with Crippen LogP contribution in [0.25, 0.3) is 55.0 Å². The van der Waals surface area contributed by atoms with Crippen molar-refractivity contribution in [2.45, 2.75) is 90.4 Å². The second-order valence-electron chi connectivity index (χ2n) is 14.8. The molecule has 4 aromatic carbocycles. The van der Waals surface area contributed by atoms with Crippen LogP contribution in [0, 0.1) is 19.3 Å². The Hall–Kier alpha value is -3.83. The molecule has 0 unspecified atom stereocenters. The van der Waals surface area contributed by atoms with E-state index in [0.29, 0.717) is 0 Å². The van der Waals surface area contributed by atoms with Gasteiger partial charge >= 0.3 is 0 Å². The van der Waals surface area contributed by atoms with E-state index in [1.807, 2.05) is 11.8 Å². The number of nitrogens with zero attached hydrogens (tertiary/aromatic N) is 4. The molecule has 0 saturated heterocycles. The van der Waals surface area contributed by atoms with Crippen LogP contribution in [0.2, 0.25) is 0 Å². The molecule has 7 rings (SSSR count). The third-order valence-corrected chi connectivity index (χ3v) is 10.3. The van der Waals surface area contributed by atoms with Gasteiger partial charge in [-0.3, -0.25) is 0 Å². The van der Waals surface area contributed by atoms with Crippen molar-refractivity contribution in [3.05, 3.63) is 83.1 Å². The van der Waals surface area contributed by atoms with E-state index in [0.717, 1.165) is 29.5 Å². The summed E-state index contributed by atoms with van der Waals surface area (Å²) in [6.07, 6.45) is 3.27. The molecule has 0 N–H and O–H groups in total. The lowest BCUT2D eigenvalue weighted by Gasteiger charge is -2.28.